The third-order valence-corrected chi connectivity index (χ3v) is 7.48. The van der Waals surface area contributed by atoms with E-state index in [1.165, 1.54) is 23.0 Å². The van der Waals surface area contributed by atoms with E-state index in [0.29, 0.717) is 49.7 Å². The zero-order chi connectivity index (χ0) is 27.0. The number of aromatic carboxylic acids is 1. The average molecular weight is 529 g/mol. The molecule has 192 valence electrons. The lowest BCUT2D eigenvalue weighted by Crippen LogP contribution is -2.40. The van der Waals surface area contributed by atoms with Crippen LogP contribution in [-0.4, -0.2) is 28.7 Å². The number of fused-ring (bicyclic) bond motifs is 1. The molecule has 1 N–H and O–H groups in total. The summed E-state index contributed by atoms with van der Waals surface area (Å²) < 4.78 is 13.0. The van der Waals surface area contributed by atoms with Gasteiger partial charge in [0.1, 0.15) is 11.5 Å². The van der Waals surface area contributed by atoms with Gasteiger partial charge in [-0.2, -0.15) is 0 Å². The monoisotopic (exact) mass is 528 g/mol. The molecule has 38 heavy (non-hydrogen) atoms. The first kappa shape index (κ1) is 25.2. The van der Waals surface area contributed by atoms with Gasteiger partial charge >= 0.3 is 11.9 Å². The van der Waals surface area contributed by atoms with Gasteiger partial charge in [0.2, 0.25) is 0 Å². The first-order chi connectivity index (χ1) is 18.3. The van der Waals surface area contributed by atoms with E-state index < -0.39 is 18.0 Å². The van der Waals surface area contributed by atoms with Gasteiger partial charge in [-0.05, 0) is 42.7 Å². The van der Waals surface area contributed by atoms with Crippen molar-refractivity contribution in [3.63, 3.8) is 0 Å². The molecule has 3 heterocycles. The molecule has 0 aliphatic carbocycles. The molecule has 0 amide bonds. The number of aromatic nitrogens is 1. The summed E-state index contributed by atoms with van der Waals surface area (Å²) in [4.78, 5) is 43.2. The van der Waals surface area contributed by atoms with Crippen molar-refractivity contribution in [1.82, 2.24) is 4.57 Å². The fourth-order valence-corrected chi connectivity index (χ4v) is 5.65. The molecule has 8 nitrogen and oxygen atoms in total. The quantitative estimate of drug-likeness (QED) is 0.378. The molecular weight excluding hydrogens is 504 g/mol. The molecule has 2 aromatic carbocycles. The van der Waals surface area contributed by atoms with Crippen molar-refractivity contribution in [3.05, 3.63) is 114 Å². The minimum atomic E-state index is -1.01. The maximum atomic E-state index is 13.7. The molecule has 0 unspecified atom stereocenters. The summed E-state index contributed by atoms with van der Waals surface area (Å²) in [5.41, 5.74) is 2.83. The molecule has 1 atom stereocenters. The Hall–Kier alpha value is -4.50. The number of hydrogen-bond acceptors (Lipinski definition) is 7. The van der Waals surface area contributed by atoms with Crippen molar-refractivity contribution in [2.24, 2.45) is 4.99 Å². The summed E-state index contributed by atoms with van der Waals surface area (Å²) >= 11 is 1.21. The Kier molecular flexibility index (Phi) is 6.69. The zero-order valence-electron chi connectivity index (χ0n) is 20.9. The SMILES string of the molecule is CCC1=C(C(=O)OC)[C@@H](c2ccccc2)n2c(s/c(=C\c3ccc(-c4cccc(C(=O)O)c4C)o3)c2=O)=N1. The molecule has 2 aromatic heterocycles. The van der Waals surface area contributed by atoms with Gasteiger partial charge in [0.25, 0.3) is 5.56 Å². The summed E-state index contributed by atoms with van der Waals surface area (Å²) in [7, 11) is 1.32. The Morgan fingerprint density at radius 3 is 2.58 bits per heavy atom. The number of nitrogens with zero attached hydrogens (tertiary/aromatic N) is 2. The number of benzene rings is 2. The number of esters is 1. The summed E-state index contributed by atoms with van der Waals surface area (Å²) in [5.74, 6) is -0.607. The van der Waals surface area contributed by atoms with Gasteiger partial charge in [0.15, 0.2) is 4.80 Å². The smallest absolute Gasteiger partial charge is 0.338 e. The second-order valence-electron chi connectivity index (χ2n) is 8.68. The van der Waals surface area contributed by atoms with Crippen molar-refractivity contribution in [2.75, 3.05) is 7.11 Å². The van der Waals surface area contributed by atoms with Crippen LogP contribution in [0.1, 0.15) is 46.6 Å². The van der Waals surface area contributed by atoms with E-state index in [2.05, 4.69) is 4.99 Å². The highest BCUT2D eigenvalue weighted by Gasteiger charge is 2.33. The van der Waals surface area contributed by atoms with Gasteiger partial charge in [-0.3, -0.25) is 9.36 Å². The molecular formula is C29H24N2O6S. The lowest BCUT2D eigenvalue weighted by molar-refractivity contribution is -0.136. The van der Waals surface area contributed by atoms with Crippen LogP contribution >= 0.6 is 11.3 Å². The Labute approximate surface area is 221 Å². The van der Waals surface area contributed by atoms with Crippen LogP contribution in [0, 0.1) is 6.92 Å². The van der Waals surface area contributed by atoms with E-state index in [9.17, 15) is 19.5 Å². The van der Waals surface area contributed by atoms with Crippen molar-refractivity contribution in [1.29, 1.82) is 0 Å². The maximum Gasteiger partial charge on any atom is 0.338 e. The van der Waals surface area contributed by atoms with Crippen LogP contribution in [0.25, 0.3) is 17.4 Å². The topological polar surface area (TPSA) is 111 Å². The van der Waals surface area contributed by atoms with Crippen LogP contribution in [0.4, 0.5) is 0 Å². The zero-order valence-corrected chi connectivity index (χ0v) is 21.7. The molecule has 9 heteroatoms. The number of carboxylic acid groups (broad SMARTS) is 1. The normalized spacial score (nSPS) is 15.2. The molecule has 0 spiro atoms. The number of furan rings is 1. The minimum Gasteiger partial charge on any atom is -0.478 e. The van der Waals surface area contributed by atoms with E-state index in [4.69, 9.17) is 9.15 Å². The highest BCUT2D eigenvalue weighted by atomic mass is 32.1. The summed E-state index contributed by atoms with van der Waals surface area (Å²) in [5, 5.41) is 9.44. The van der Waals surface area contributed by atoms with Crippen LogP contribution in [0.5, 0.6) is 0 Å². The van der Waals surface area contributed by atoms with Crippen molar-refractivity contribution in [3.8, 4) is 11.3 Å². The van der Waals surface area contributed by atoms with Crippen molar-refractivity contribution >= 4 is 29.4 Å². The maximum absolute atomic E-state index is 13.7. The molecule has 1 aliphatic rings. The lowest BCUT2D eigenvalue weighted by atomic mass is 9.95. The Balaban J connectivity index is 1.65. The van der Waals surface area contributed by atoms with Crippen LogP contribution in [0.15, 0.2) is 86.1 Å². The fourth-order valence-electron chi connectivity index (χ4n) is 4.65. The number of rotatable bonds is 6. The molecule has 0 fully saturated rings. The summed E-state index contributed by atoms with van der Waals surface area (Å²) in [6.07, 6.45) is 2.13. The summed E-state index contributed by atoms with van der Waals surface area (Å²) in [6, 6.07) is 17.1. The van der Waals surface area contributed by atoms with E-state index >= 15 is 0 Å². The number of thiazole rings is 1. The Bertz CT molecular complexity index is 1780. The van der Waals surface area contributed by atoms with E-state index in [1.807, 2.05) is 37.3 Å². The van der Waals surface area contributed by atoms with Crippen LogP contribution in [-0.2, 0) is 9.53 Å². The molecule has 1 aliphatic heterocycles. The molecule has 0 saturated heterocycles. The van der Waals surface area contributed by atoms with Crippen molar-refractivity contribution < 1.29 is 23.8 Å². The highest BCUT2D eigenvalue weighted by Crippen LogP contribution is 2.32. The standard InChI is InChI=1S/C29H24N2O6S/c1-4-21-24(28(35)36-3)25(17-9-6-5-7-10-17)31-26(32)23(38-29(31)30-21)15-18-13-14-22(37-18)19-11-8-12-20(16(19)2)27(33)34/h5-15,25H,4H2,1-3H3,(H,33,34)/b23-15-/t25-/m1/s1. The van der Waals surface area contributed by atoms with Gasteiger partial charge in [0, 0.05) is 11.6 Å². The first-order valence-electron chi connectivity index (χ1n) is 11.9. The van der Waals surface area contributed by atoms with Gasteiger partial charge in [-0.15, -0.1) is 0 Å². The van der Waals surface area contributed by atoms with Gasteiger partial charge in [-0.1, -0.05) is 60.7 Å². The van der Waals surface area contributed by atoms with Crippen LogP contribution in [0.3, 0.4) is 0 Å². The van der Waals surface area contributed by atoms with Gasteiger partial charge in [0.05, 0.1) is 34.5 Å². The largest absolute Gasteiger partial charge is 0.478 e. The molecule has 0 saturated carbocycles. The number of hydrogen-bond donors (Lipinski definition) is 1. The number of ether oxygens (including phenoxy) is 1. The van der Waals surface area contributed by atoms with E-state index in [0.717, 1.165) is 5.56 Å². The predicted molar refractivity (Wildman–Crippen MR) is 143 cm³/mol. The molecule has 5 rings (SSSR count). The van der Waals surface area contributed by atoms with Crippen LogP contribution in [0.2, 0.25) is 0 Å². The fraction of sp³-hybridized carbons (Fsp3) is 0.172. The third-order valence-electron chi connectivity index (χ3n) is 6.50. The van der Waals surface area contributed by atoms with Crippen LogP contribution < -0.4 is 14.9 Å². The second kappa shape index (κ2) is 10.1. The molecule has 4 aromatic rings. The minimum absolute atomic E-state index is 0.197. The number of allylic oxidation sites excluding steroid dienone is 1. The predicted octanol–water partition coefficient (Wildman–Crippen LogP) is 4.06. The number of methoxy groups -OCH3 is 1. The molecule has 0 radical (unpaired) electrons. The first-order valence-corrected chi connectivity index (χ1v) is 12.8. The second-order valence-corrected chi connectivity index (χ2v) is 9.69. The number of carbonyl (C=O) groups is 2. The Morgan fingerprint density at radius 1 is 1.13 bits per heavy atom. The van der Waals surface area contributed by atoms with Crippen molar-refractivity contribution in [2.45, 2.75) is 26.3 Å². The summed E-state index contributed by atoms with van der Waals surface area (Å²) in [6.45, 7) is 3.64. The number of carboxylic acids is 1. The number of carbonyl (C=O) groups excluding carboxylic acids is 1. The third kappa shape index (κ3) is 4.31. The average Bonchev–Trinajstić information content (AvgIpc) is 3.51. The highest BCUT2D eigenvalue weighted by molar-refractivity contribution is 7.07. The van der Waals surface area contributed by atoms with E-state index in [1.54, 1.807) is 43.3 Å². The Morgan fingerprint density at radius 2 is 1.89 bits per heavy atom. The van der Waals surface area contributed by atoms with Gasteiger partial charge in [-0.25, -0.2) is 14.6 Å². The van der Waals surface area contributed by atoms with Gasteiger partial charge < -0.3 is 14.3 Å². The van der Waals surface area contributed by atoms with E-state index in [-0.39, 0.29) is 11.1 Å². The lowest BCUT2D eigenvalue weighted by Gasteiger charge is -2.25. The molecule has 0 bridgehead atoms.